The van der Waals surface area contributed by atoms with E-state index in [9.17, 15) is 0 Å². The van der Waals surface area contributed by atoms with Crippen molar-refractivity contribution in [2.24, 2.45) is 5.41 Å². The van der Waals surface area contributed by atoms with E-state index in [0.717, 1.165) is 24.5 Å². The Hall–Kier alpha value is -1.60. The van der Waals surface area contributed by atoms with Gasteiger partial charge in [-0.2, -0.15) is 5.26 Å². The van der Waals surface area contributed by atoms with Crippen molar-refractivity contribution in [1.29, 1.82) is 5.26 Å². The molecule has 0 spiro atoms. The van der Waals surface area contributed by atoms with Crippen molar-refractivity contribution in [3.63, 3.8) is 0 Å². The molecule has 1 aromatic heterocycles. The largest absolute Gasteiger partial charge is 0.492 e. The number of nitrogens with zero attached hydrogens (tertiary/aromatic N) is 2. The van der Waals surface area contributed by atoms with E-state index in [1.165, 1.54) is 0 Å². The molecule has 0 bridgehead atoms. The van der Waals surface area contributed by atoms with Gasteiger partial charge >= 0.3 is 0 Å². The van der Waals surface area contributed by atoms with E-state index in [2.05, 4.69) is 23.3 Å². The van der Waals surface area contributed by atoms with E-state index in [0.29, 0.717) is 13.0 Å². The molecule has 0 saturated carbocycles. The topological polar surface area (TPSA) is 57.9 Å². The zero-order valence-corrected chi connectivity index (χ0v) is 11.4. The van der Waals surface area contributed by atoms with Crippen LogP contribution in [0.15, 0.2) is 18.3 Å². The molecule has 1 heterocycles. The zero-order chi connectivity index (χ0) is 13.4. The fourth-order valence-corrected chi connectivity index (χ4v) is 1.33. The minimum atomic E-state index is -0.335. The van der Waals surface area contributed by atoms with Gasteiger partial charge in [-0.05, 0) is 38.9 Å². The van der Waals surface area contributed by atoms with Crippen LogP contribution in [0.25, 0.3) is 0 Å². The van der Waals surface area contributed by atoms with Gasteiger partial charge < -0.3 is 10.1 Å². The van der Waals surface area contributed by atoms with E-state index in [4.69, 9.17) is 10.00 Å². The summed E-state index contributed by atoms with van der Waals surface area (Å²) in [5.74, 6) is 0.754. The van der Waals surface area contributed by atoms with Crippen molar-refractivity contribution < 1.29 is 4.74 Å². The SMILES string of the molecule is CCNCc1ccc(OCCC(C)(C)C#N)cn1. The summed E-state index contributed by atoms with van der Waals surface area (Å²) in [6, 6.07) is 6.12. The Balaban J connectivity index is 2.38. The molecule has 0 aliphatic carbocycles. The fourth-order valence-electron chi connectivity index (χ4n) is 1.33. The average molecular weight is 247 g/mol. The second-order valence-electron chi connectivity index (χ2n) is 4.86. The van der Waals surface area contributed by atoms with Crippen LogP contribution in [-0.2, 0) is 6.54 Å². The van der Waals surface area contributed by atoms with Crippen LogP contribution in [0.1, 0.15) is 32.9 Å². The van der Waals surface area contributed by atoms with Gasteiger partial charge in [0.2, 0.25) is 0 Å². The van der Waals surface area contributed by atoms with Crippen molar-refractivity contribution in [2.45, 2.75) is 33.7 Å². The van der Waals surface area contributed by atoms with E-state index in [1.54, 1.807) is 6.20 Å². The standard InChI is InChI=1S/C14H21N3O/c1-4-16-9-12-5-6-13(10-17-12)18-8-7-14(2,3)11-15/h5-6,10,16H,4,7-9H2,1-3H3. The van der Waals surface area contributed by atoms with Gasteiger partial charge in [0.1, 0.15) is 5.75 Å². The molecular weight excluding hydrogens is 226 g/mol. The van der Waals surface area contributed by atoms with E-state index in [-0.39, 0.29) is 5.41 Å². The van der Waals surface area contributed by atoms with Crippen LogP contribution in [0.5, 0.6) is 5.75 Å². The molecule has 1 N–H and O–H groups in total. The number of pyridine rings is 1. The third-order valence-electron chi connectivity index (χ3n) is 2.65. The number of hydrogen-bond acceptors (Lipinski definition) is 4. The highest BCUT2D eigenvalue weighted by atomic mass is 16.5. The highest BCUT2D eigenvalue weighted by Crippen LogP contribution is 2.19. The predicted octanol–water partition coefficient (Wildman–Crippen LogP) is 2.51. The lowest BCUT2D eigenvalue weighted by molar-refractivity contribution is 0.263. The summed E-state index contributed by atoms with van der Waals surface area (Å²) in [5, 5.41) is 12.1. The molecule has 1 aromatic rings. The van der Waals surface area contributed by atoms with Crippen molar-refractivity contribution in [2.75, 3.05) is 13.2 Å². The highest BCUT2D eigenvalue weighted by molar-refractivity contribution is 5.19. The van der Waals surface area contributed by atoms with Gasteiger partial charge in [0.05, 0.1) is 30.0 Å². The van der Waals surface area contributed by atoms with Crippen molar-refractivity contribution in [3.05, 3.63) is 24.0 Å². The van der Waals surface area contributed by atoms with Crippen LogP contribution in [-0.4, -0.2) is 18.1 Å². The molecule has 0 atom stereocenters. The van der Waals surface area contributed by atoms with Crippen LogP contribution < -0.4 is 10.1 Å². The number of nitriles is 1. The van der Waals surface area contributed by atoms with E-state index in [1.807, 2.05) is 26.0 Å². The average Bonchev–Trinajstić information content (AvgIpc) is 2.38. The summed E-state index contributed by atoms with van der Waals surface area (Å²) in [7, 11) is 0. The first-order valence-corrected chi connectivity index (χ1v) is 6.27. The Bertz CT molecular complexity index is 392. The summed E-state index contributed by atoms with van der Waals surface area (Å²) in [6.45, 7) is 8.13. The molecule has 4 heteroatoms. The molecule has 4 nitrogen and oxygen atoms in total. The first kappa shape index (κ1) is 14.5. The van der Waals surface area contributed by atoms with Crippen LogP contribution in [0, 0.1) is 16.7 Å². The lowest BCUT2D eigenvalue weighted by Crippen LogP contribution is -2.14. The quantitative estimate of drug-likeness (QED) is 0.804. The zero-order valence-electron chi connectivity index (χ0n) is 11.4. The molecule has 0 aromatic carbocycles. The van der Waals surface area contributed by atoms with Crippen molar-refractivity contribution in [3.8, 4) is 11.8 Å². The second-order valence-corrected chi connectivity index (χ2v) is 4.86. The molecule has 1 rings (SSSR count). The minimum absolute atomic E-state index is 0.335. The van der Waals surface area contributed by atoms with Crippen LogP contribution in [0.3, 0.4) is 0 Å². The molecule has 0 aliphatic rings. The first-order valence-electron chi connectivity index (χ1n) is 6.27. The third kappa shape index (κ3) is 5.15. The van der Waals surface area contributed by atoms with Crippen molar-refractivity contribution >= 4 is 0 Å². The summed E-state index contributed by atoms with van der Waals surface area (Å²) < 4.78 is 5.57. The molecule has 0 aliphatic heterocycles. The van der Waals surface area contributed by atoms with E-state index >= 15 is 0 Å². The Morgan fingerprint density at radius 2 is 2.22 bits per heavy atom. The van der Waals surface area contributed by atoms with Gasteiger partial charge in [-0.3, -0.25) is 4.98 Å². The molecule has 0 radical (unpaired) electrons. The number of nitrogens with one attached hydrogen (secondary N) is 1. The highest BCUT2D eigenvalue weighted by Gasteiger charge is 2.16. The van der Waals surface area contributed by atoms with Crippen molar-refractivity contribution in [1.82, 2.24) is 10.3 Å². The molecular formula is C14H21N3O. The number of ether oxygens (including phenoxy) is 1. The maximum atomic E-state index is 8.89. The molecule has 0 fully saturated rings. The Morgan fingerprint density at radius 1 is 1.44 bits per heavy atom. The Kier molecular flexibility index (Phi) is 5.60. The number of aromatic nitrogens is 1. The van der Waals surface area contributed by atoms with Crippen LogP contribution >= 0.6 is 0 Å². The summed E-state index contributed by atoms with van der Waals surface area (Å²) in [6.07, 6.45) is 2.44. The third-order valence-corrected chi connectivity index (χ3v) is 2.65. The normalized spacial score (nSPS) is 11.0. The smallest absolute Gasteiger partial charge is 0.137 e. The van der Waals surface area contributed by atoms with Crippen LogP contribution in [0.4, 0.5) is 0 Å². The number of hydrogen-bond donors (Lipinski definition) is 1. The molecule has 98 valence electrons. The van der Waals surface area contributed by atoms with Gasteiger partial charge in [-0.25, -0.2) is 0 Å². The maximum absolute atomic E-state index is 8.89. The summed E-state index contributed by atoms with van der Waals surface area (Å²) in [5.41, 5.74) is 0.667. The second kappa shape index (κ2) is 6.97. The van der Waals surface area contributed by atoms with Gasteiger partial charge in [-0.1, -0.05) is 6.92 Å². The minimum Gasteiger partial charge on any atom is -0.492 e. The van der Waals surface area contributed by atoms with Gasteiger partial charge in [0, 0.05) is 6.54 Å². The lowest BCUT2D eigenvalue weighted by Gasteiger charge is -2.15. The van der Waals surface area contributed by atoms with Crippen LogP contribution in [0.2, 0.25) is 0 Å². The van der Waals surface area contributed by atoms with Gasteiger partial charge in [0.25, 0.3) is 0 Å². The lowest BCUT2D eigenvalue weighted by atomic mass is 9.92. The molecule has 0 unspecified atom stereocenters. The fraction of sp³-hybridized carbons (Fsp3) is 0.571. The van der Waals surface area contributed by atoms with Gasteiger partial charge in [-0.15, -0.1) is 0 Å². The van der Waals surface area contributed by atoms with Gasteiger partial charge in [0.15, 0.2) is 0 Å². The maximum Gasteiger partial charge on any atom is 0.137 e. The first-order chi connectivity index (χ1) is 8.57. The Labute approximate surface area is 109 Å². The van der Waals surface area contributed by atoms with E-state index < -0.39 is 0 Å². The predicted molar refractivity (Wildman–Crippen MR) is 71.1 cm³/mol. The number of rotatable bonds is 7. The molecule has 0 amide bonds. The summed E-state index contributed by atoms with van der Waals surface area (Å²) in [4.78, 5) is 4.30. The molecule has 18 heavy (non-hydrogen) atoms. The monoisotopic (exact) mass is 247 g/mol. The Morgan fingerprint density at radius 3 is 2.78 bits per heavy atom. The summed E-state index contributed by atoms with van der Waals surface area (Å²) >= 11 is 0. The molecule has 0 saturated heterocycles.